The monoisotopic (exact) mass is 294 g/mol. The van der Waals surface area contributed by atoms with Crippen LogP contribution in [-0.2, 0) is 12.8 Å². The molecule has 0 aromatic heterocycles. The SMILES string of the molecule is c1ccc(CCCN2CCNC(Cc3ccccc3)C2)cc1. The molecule has 0 saturated carbocycles. The molecule has 2 nitrogen and oxygen atoms in total. The van der Waals surface area contributed by atoms with E-state index < -0.39 is 0 Å². The summed E-state index contributed by atoms with van der Waals surface area (Å²) in [7, 11) is 0. The summed E-state index contributed by atoms with van der Waals surface area (Å²) in [5.41, 5.74) is 2.89. The number of rotatable bonds is 6. The van der Waals surface area contributed by atoms with Crippen molar-refractivity contribution in [2.24, 2.45) is 0 Å². The molecule has 22 heavy (non-hydrogen) atoms. The molecule has 2 heteroatoms. The van der Waals surface area contributed by atoms with Gasteiger partial charge in [0, 0.05) is 25.7 Å². The molecule has 1 unspecified atom stereocenters. The second-order valence-corrected chi connectivity index (χ2v) is 6.23. The van der Waals surface area contributed by atoms with E-state index in [9.17, 15) is 0 Å². The second-order valence-electron chi connectivity index (χ2n) is 6.23. The minimum absolute atomic E-state index is 0.591. The first-order valence-electron chi connectivity index (χ1n) is 8.44. The molecular weight excluding hydrogens is 268 g/mol. The van der Waals surface area contributed by atoms with Gasteiger partial charge >= 0.3 is 0 Å². The van der Waals surface area contributed by atoms with E-state index in [4.69, 9.17) is 0 Å². The highest BCUT2D eigenvalue weighted by Gasteiger charge is 2.18. The first-order valence-corrected chi connectivity index (χ1v) is 8.44. The van der Waals surface area contributed by atoms with E-state index in [2.05, 4.69) is 70.9 Å². The van der Waals surface area contributed by atoms with Gasteiger partial charge in [0.15, 0.2) is 0 Å². The number of aryl methyl sites for hydroxylation is 1. The lowest BCUT2D eigenvalue weighted by Crippen LogP contribution is -2.51. The molecule has 1 aliphatic heterocycles. The van der Waals surface area contributed by atoms with Gasteiger partial charge in [0.2, 0.25) is 0 Å². The molecule has 1 atom stereocenters. The molecule has 1 heterocycles. The van der Waals surface area contributed by atoms with Crippen LogP contribution in [0.3, 0.4) is 0 Å². The van der Waals surface area contributed by atoms with Crippen LogP contribution in [0, 0.1) is 0 Å². The van der Waals surface area contributed by atoms with E-state index in [1.165, 1.54) is 43.6 Å². The Morgan fingerprint density at radius 3 is 2.32 bits per heavy atom. The van der Waals surface area contributed by atoms with Crippen molar-refractivity contribution in [1.82, 2.24) is 10.2 Å². The van der Waals surface area contributed by atoms with Crippen LogP contribution in [0.2, 0.25) is 0 Å². The van der Waals surface area contributed by atoms with Gasteiger partial charge in [0.25, 0.3) is 0 Å². The minimum Gasteiger partial charge on any atom is -0.311 e. The smallest absolute Gasteiger partial charge is 0.0235 e. The zero-order valence-corrected chi connectivity index (χ0v) is 13.2. The lowest BCUT2D eigenvalue weighted by Gasteiger charge is -2.33. The van der Waals surface area contributed by atoms with Crippen molar-refractivity contribution >= 4 is 0 Å². The Kier molecular flexibility index (Phi) is 5.63. The maximum atomic E-state index is 3.66. The van der Waals surface area contributed by atoms with E-state index >= 15 is 0 Å². The quantitative estimate of drug-likeness (QED) is 0.880. The minimum atomic E-state index is 0.591. The van der Waals surface area contributed by atoms with Crippen molar-refractivity contribution in [2.45, 2.75) is 25.3 Å². The van der Waals surface area contributed by atoms with Crippen LogP contribution in [0.15, 0.2) is 60.7 Å². The highest BCUT2D eigenvalue weighted by Crippen LogP contribution is 2.09. The largest absolute Gasteiger partial charge is 0.311 e. The number of nitrogens with one attached hydrogen (secondary N) is 1. The van der Waals surface area contributed by atoms with Gasteiger partial charge in [-0.1, -0.05) is 60.7 Å². The van der Waals surface area contributed by atoms with Crippen molar-refractivity contribution in [3.8, 4) is 0 Å². The molecule has 1 N–H and O–H groups in total. The van der Waals surface area contributed by atoms with Gasteiger partial charge in [-0.25, -0.2) is 0 Å². The lowest BCUT2D eigenvalue weighted by molar-refractivity contribution is 0.197. The summed E-state index contributed by atoms with van der Waals surface area (Å²) in [6.07, 6.45) is 3.58. The average Bonchev–Trinajstić information content (AvgIpc) is 2.57. The first-order chi connectivity index (χ1) is 10.9. The zero-order valence-electron chi connectivity index (χ0n) is 13.2. The fourth-order valence-electron chi connectivity index (χ4n) is 3.28. The van der Waals surface area contributed by atoms with Crippen molar-refractivity contribution < 1.29 is 0 Å². The topological polar surface area (TPSA) is 15.3 Å². The van der Waals surface area contributed by atoms with Crippen LogP contribution in [0.25, 0.3) is 0 Å². The van der Waals surface area contributed by atoms with Gasteiger partial charge in [-0.2, -0.15) is 0 Å². The standard InChI is InChI=1S/C20H26N2/c1-3-8-18(9-4-1)12-7-14-22-15-13-21-20(17-22)16-19-10-5-2-6-11-19/h1-6,8-11,20-21H,7,12-17H2. The third-order valence-electron chi connectivity index (χ3n) is 4.45. The van der Waals surface area contributed by atoms with Gasteiger partial charge in [0.1, 0.15) is 0 Å². The van der Waals surface area contributed by atoms with E-state index in [1.807, 2.05) is 0 Å². The molecule has 1 fully saturated rings. The molecule has 1 aliphatic rings. The molecule has 0 aliphatic carbocycles. The average molecular weight is 294 g/mol. The maximum absolute atomic E-state index is 3.66. The van der Waals surface area contributed by atoms with Crippen LogP contribution in [0.1, 0.15) is 17.5 Å². The number of hydrogen-bond acceptors (Lipinski definition) is 2. The molecule has 0 bridgehead atoms. The first kappa shape index (κ1) is 15.3. The summed E-state index contributed by atoms with van der Waals surface area (Å²) >= 11 is 0. The van der Waals surface area contributed by atoms with Gasteiger partial charge < -0.3 is 10.2 Å². The van der Waals surface area contributed by atoms with E-state index in [-0.39, 0.29) is 0 Å². The van der Waals surface area contributed by atoms with Gasteiger partial charge in [-0.15, -0.1) is 0 Å². The van der Waals surface area contributed by atoms with Crippen molar-refractivity contribution in [1.29, 1.82) is 0 Å². The highest BCUT2D eigenvalue weighted by molar-refractivity contribution is 5.16. The van der Waals surface area contributed by atoms with E-state index in [1.54, 1.807) is 0 Å². The van der Waals surface area contributed by atoms with Gasteiger partial charge in [-0.3, -0.25) is 0 Å². The molecule has 116 valence electrons. The summed E-state index contributed by atoms with van der Waals surface area (Å²) in [5.74, 6) is 0. The zero-order chi connectivity index (χ0) is 15.0. The van der Waals surface area contributed by atoms with Crippen LogP contribution < -0.4 is 5.32 Å². The number of nitrogens with zero attached hydrogens (tertiary/aromatic N) is 1. The normalized spacial score (nSPS) is 19.2. The molecule has 0 radical (unpaired) electrons. The molecule has 0 spiro atoms. The number of benzene rings is 2. The van der Waals surface area contributed by atoms with Crippen LogP contribution >= 0.6 is 0 Å². The van der Waals surface area contributed by atoms with E-state index in [0.29, 0.717) is 6.04 Å². The lowest BCUT2D eigenvalue weighted by atomic mass is 10.0. The Bertz CT molecular complexity index is 538. The van der Waals surface area contributed by atoms with Crippen LogP contribution in [0.4, 0.5) is 0 Å². The fraction of sp³-hybridized carbons (Fsp3) is 0.400. The Morgan fingerprint density at radius 1 is 0.909 bits per heavy atom. The van der Waals surface area contributed by atoms with Gasteiger partial charge in [-0.05, 0) is 36.9 Å². The molecule has 2 aromatic rings. The summed E-state index contributed by atoms with van der Waals surface area (Å²) < 4.78 is 0. The van der Waals surface area contributed by atoms with Crippen LogP contribution in [-0.4, -0.2) is 37.1 Å². The number of hydrogen-bond donors (Lipinski definition) is 1. The van der Waals surface area contributed by atoms with Crippen molar-refractivity contribution in [3.63, 3.8) is 0 Å². The van der Waals surface area contributed by atoms with Crippen molar-refractivity contribution in [2.75, 3.05) is 26.2 Å². The maximum Gasteiger partial charge on any atom is 0.0235 e. The van der Waals surface area contributed by atoms with Gasteiger partial charge in [0.05, 0.1) is 0 Å². The fourth-order valence-corrected chi connectivity index (χ4v) is 3.28. The Morgan fingerprint density at radius 2 is 1.59 bits per heavy atom. The van der Waals surface area contributed by atoms with Crippen LogP contribution in [0.5, 0.6) is 0 Å². The summed E-state index contributed by atoms with van der Waals surface area (Å²) in [4.78, 5) is 2.62. The molecule has 0 amide bonds. The third-order valence-corrected chi connectivity index (χ3v) is 4.45. The molecular formula is C20H26N2. The molecule has 1 saturated heterocycles. The highest BCUT2D eigenvalue weighted by atomic mass is 15.2. The summed E-state index contributed by atoms with van der Waals surface area (Å²) in [6.45, 7) is 4.68. The molecule has 2 aromatic carbocycles. The number of piperazine rings is 1. The Labute approximate surface area is 134 Å². The molecule has 3 rings (SSSR count). The Balaban J connectivity index is 1.42. The van der Waals surface area contributed by atoms with E-state index in [0.717, 1.165) is 13.0 Å². The summed E-state index contributed by atoms with van der Waals surface area (Å²) in [5, 5.41) is 3.66. The van der Waals surface area contributed by atoms with Crippen molar-refractivity contribution in [3.05, 3.63) is 71.8 Å². The Hall–Kier alpha value is -1.64. The predicted octanol–water partition coefficient (Wildman–Crippen LogP) is 3.14. The summed E-state index contributed by atoms with van der Waals surface area (Å²) in [6, 6.07) is 22.2. The predicted molar refractivity (Wildman–Crippen MR) is 93.1 cm³/mol. The third kappa shape index (κ3) is 4.69. The second kappa shape index (κ2) is 8.11.